The molecule has 0 unspecified atom stereocenters. The lowest BCUT2D eigenvalue weighted by Gasteiger charge is -2.10. The van der Waals surface area contributed by atoms with E-state index in [2.05, 4.69) is 0 Å². The van der Waals surface area contributed by atoms with Gasteiger partial charge in [0.05, 0.1) is 0 Å². The topological polar surface area (TPSA) is 266 Å². The summed E-state index contributed by atoms with van der Waals surface area (Å²) in [5.74, 6) is -4.76. The Kier molecular flexibility index (Phi) is 8.03. The predicted molar refractivity (Wildman–Crippen MR) is 111 cm³/mol. The van der Waals surface area contributed by atoms with Gasteiger partial charge in [-0.15, -0.1) is 9.46 Å². The van der Waals surface area contributed by atoms with Crippen LogP contribution in [0.25, 0.3) is 0 Å². The maximum atomic E-state index is 11.1. The molecule has 2 aromatic heterocycles. The monoisotopic (exact) mass is 526 g/mol. The lowest BCUT2D eigenvalue weighted by Crippen LogP contribution is -2.18. The highest BCUT2D eigenvalue weighted by atomic mass is 32.2. The predicted octanol–water partition coefficient (Wildman–Crippen LogP) is 0.458. The van der Waals surface area contributed by atoms with Crippen molar-refractivity contribution in [2.45, 2.75) is 48.3 Å². The molecule has 0 saturated heterocycles. The molecule has 16 nitrogen and oxygen atoms in total. The lowest BCUT2D eigenvalue weighted by molar-refractivity contribution is 0.178. The van der Waals surface area contributed by atoms with Gasteiger partial charge in [0.1, 0.15) is 0 Å². The molecule has 0 saturated carbocycles. The zero-order valence-corrected chi connectivity index (χ0v) is 18.9. The molecule has 0 aliphatic carbocycles. The van der Waals surface area contributed by atoms with Crippen LogP contribution in [0.1, 0.15) is 38.5 Å². The molecule has 0 aliphatic heterocycles. The van der Waals surface area contributed by atoms with E-state index in [0.717, 1.165) is 0 Å². The first-order valence-electron chi connectivity index (χ1n) is 9.36. The molecule has 18 heteroatoms. The maximum absolute atomic E-state index is 11.1. The first-order chi connectivity index (χ1) is 15.6. The summed E-state index contributed by atoms with van der Waals surface area (Å²) >= 11 is 0. The van der Waals surface area contributed by atoms with Crippen LogP contribution in [0.15, 0.2) is 21.9 Å². The molecule has 190 valence electrons. The highest BCUT2D eigenvalue weighted by Gasteiger charge is 2.26. The zero-order chi connectivity index (χ0) is 25.8. The highest BCUT2D eigenvalue weighted by Crippen LogP contribution is 2.31. The van der Waals surface area contributed by atoms with Crippen molar-refractivity contribution in [3.05, 3.63) is 12.1 Å². The van der Waals surface area contributed by atoms with E-state index in [1.165, 1.54) is 0 Å². The zero-order valence-electron chi connectivity index (χ0n) is 17.2. The molecule has 8 N–H and O–H groups in total. The molecule has 0 fully saturated rings. The van der Waals surface area contributed by atoms with Crippen LogP contribution in [0.2, 0.25) is 0 Å². The van der Waals surface area contributed by atoms with Gasteiger partial charge in [-0.2, -0.15) is 16.8 Å². The second-order valence-corrected chi connectivity index (χ2v) is 9.64. The average Bonchev–Trinajstić information content (AvgIpc) is 3.15. The summed E-state index contributed by atoms with van der Waals surface area (Å²) in [7, 11) is -9.62. The van der Waals surface area contributed by atoms with Crippen LogP contribution < -0.4 is 9.68 Å². The van der Waals surface area contributed by atoms with Gasteiger partial charge in [-0.25, -0.2) is 0 Å². The average molecular weight is 527 g/mol. The Balaban J connectivity index is 1.75. The van der Waals surface area contributed by atoms with Crippen molar-refractivity contribution >= 4 is 32.0 Å². The minimum atomic E-state index is -4.81. The third-order valence-corrected chi connectivity index (χ3v) is 5.99. The van der Waals surface area contributed by atoms with Crippen LogP contribution >= 0.6 is 0 Å². The van der Waals surface area contributed by atoms with E-state index < -0.39 is 65.3 Å². The molecular formula is C16H22N4O12S2. The number of nitrogens with zero attached hydrogens (tertiary/aromatic N) is 2. The van der Waals surface area contributed by atoms with Gasteiger partial charge in [0.15, 0.2) is 9.79 Å². The van der Waals surface area contributed by atoms with Gasteiger partial charge < -0.3 is 30.1 Å². The molecule has 34 heavy (non-hydrogen) atoms. The van der Waals surface area contributed by atoms with Crippen LogP contribution in [0.5, 0.6) is 23.5 Å². The van der Waals surface area contributed by atoms with Gasteiger partial charge in [0.2, 0.25) is 23.6 Å². The molecular weight excluding hydrogens is 504 g/mol. The Bertz CT molecular complexity index is 1190. The summed E-state index contributed by atoms with van der Waals surface area (Å²) in [6, 6.07) is 1.09. The maximum Gasteiger partial charge on any atom is 0.300 e. The summed E-state index contributed by atoms with van der Waals surface area (Å²) in [5, 5.41) is 54.0. The van der Waals surface area contributed by atoms with Gasteiger partial charge in [-0.3, -0.25) is 19.9 Å². The molecule has 2 rings (SSSR count). The van der Waals surface area contributed by atoms with Crippen molar-refractivity contribution in [3.63, 3.8) is 0 Å². The highest BCUT2D eigenvalue weighted by molar-refractivity contribution is 7.86. The molecule has 0 aromatic carbocycles. The number of nitrogens with one attached hydrogen (secondary N) is 2. The lowest BCUT2D eigenvalue weighted by atomic mass is 10.1. The van der Waals surface area contributed by atoms with Crippen molar-refractivity contribution in [2.75, 3.05) is 0 Å². The Labute approximate surface area is 192 Å². The molecule has 2 heterocycles. The molecule has 0 amide bonds. The van der Waals surface area contributed by atoms with Crippen LogP contribution in [0, 0.1) is 10.8 Å². The van der Waals surface area contributed by atoms with Gasteiger partial charge in [-0.1, -0.05) is 12.8 Å². The van der Waals surface area contributed by atoms with Crippen molar-refractivity contribution in [2.24, 2.45) is 0 Å². The smallest absolute Gasteiger partial charge is 0.300 e. The van der Waals surface area contributed by atoms with E-state index in [0.29, 0.717) is 37.8 Å². The Morgan fingerprint density at radius 1 is 0.706 bits per heavy atom. The van der Waals surface area contributed by atoms with Gasteiger partial charge >= 0.3 is 0 Å². The Morgan fingerprint density at radius 2 is 1.03 bits per heavy atom. The number of rotatable bonds is 11. The number of aromatic hydroxyl groups is 4. The van der Waals surface area contributed by atoms with Gasteiger partial charge in [-0.05, 0) is 12.8 Å². The van der Waals surface area contributed by atoms with Crippen molar-refractivity contribution in [3.8, 4) is 23.5 Å². The van der Waals surface area contributed by atoms with Crippen LogP contribution in [0.3, 0.4) is 0 Å². The summed E-state index contributed by atoms with van der Waals surface area (Å²) in [6.07, 6.45) is 1.94. The minimum Gasteiger partial charge on any atom is -0.492 e. The first kappa shape index (κ1) is 26.8. The summed E-state index contributed by atoms with van der Waals surface area (Å²) in [5.41, 5.74) is 0. The van der Waals surface area contributed by atoms with E-state index >= 15 is 0 Å². The third-order valence-electron chi connectivity index (χ3n) is 4.28. The van der Waals surface area contributed by atoms with E-state index in [1.54, 1.807) is 0 Å². The van der Waals surface area contributed by atoms with E-state index in [-0.39, 0.29) is 22.3 Å². The minimum absolute atomic E-state index is 0.0374. The van der Waals surface area contributed by atoms with E-state index in [1.807, 2.05) is 0 Å². The normalized spacial score (nSPS) is 11.9. The quantitative estimate of drug-likeness (QED) is 0.0858. The fraction of sp³-hybridized carbons (Fsp3) is 0.375. The summed E-state index contributed by atoms with van der Waals surface area (Å²) < 4.78 is 62.7. The second-order valence-electron chi connectivity index (χ2n) is 6.86. The van der Waals surface area contributed by atoms with Crippen molar-refractivity contribution in [1.82, 2.24) is 9.46 Å². The first-order valence-corrected chi connectivity index (χ1v) is 12.2. The number of hydrogen-bond acceptors (Lipinski definition) is 12. The molecule has 0 radical (unpaired) electrons. The molecule has 0 atom stereocenters. The summed E-state index contributed by atoms with van der Waals surface area (Å²) in [4.78, 5) is 7.77. The number of unbranched alkanes of at least 4 members (excludes halogenated alkanes) is 3. The van der Waals surface area contributed by atoms with E-state index in [9.17, 15) is 37.3 Å². The largest absolute Gasteiger partial charge is 0.492 e. The van der Waals surface area contributed by atoms with Crippen molar-refractivity contribution < 1.29 is 56.0 Å². The third kappa shape index (κ3) is 6.53. The number of aromatic nitrogens is 2. The molecule has 2 aromatic rings. The second kappa shape index (κ2) is 10.2. The van der Waals surface area contributed by atoms with Crippen LogP contribution in [0.4, 0.5) is 0 Å². The SMILES string of the molecule is N=C(CCCCCCC(=N)On1c(O)cc(S(=O)(=O)O)c1O)On1c(O)cc(S(=O)(=O)O)c1O. The van der Waals surface area contributed by atoms with E-state index in [4.69, 9.17) is 29.6 Å². The molecule has 0 spiro atoms. The standard InChI is InChI=1S/C16H22N4O12S2/c17-11(31-19-13(21)7-9(15(19)23)33(25,26)27)5-3-1-2-4-6-12(18)32-20-14(22)8-10(16(20)24)34(28,29)30/h7-8,17-18,21-24H,1-6H2,(H,25,26,27)(H,28,29,30). The van der Waals surface area contributed by atoms with Gasteiger partial charge in [0.25, 0.3) is 32.0 Å². The fourth-order valence-corrected chi connectivity index (χ4v) is 3.83. The molecule has 0 aliphatic rings. The number of hydrogen-bond donors (Lipinski definition) is 8. The summed E-state index contributed by atoms with van der Waals surface area (Å²) in [6.45, 7) is 0. The van der Waals surface area contributed by atoms with Crippen LogP contribution in [-0.2, 0) is 20.2 Å². The molecule has 0 bridgehead atoms. The van der Waals surface area contributed by atoms with Crippen molar-refractivity contribution in [1.29, 1.82) is 10.8 Å². The van der Waals surface area contributed by atoms with Crippen LogP contribution in [-0.4, -0.2) is 67.6 Å². The Hall–Kier alpha value is -3.48. The Morgan fingerprint density at radius 3 is 1.29 bits per heavy atom. The fourth-order valence-electron chi connectivity index (χ4n) is 2.69. The van der Waals surface area contributed by atoms with Gasteiger partial charge in [0, 0.05) is 25.0 Å².